The van der Waals surface area contributed by atoms with Crippen molar-refractivity contribution in [2.24, 2.45) is 10.8 Å². The van der Waals surface area contributed by atoms with Crippen LogP contribution < -0.4 is 10.6 Å². The Morgan fingerprint density at radius 1 is 1.62 bits per heavy atom. The summed E-state index contributed by atoms with van der Waals surface area (Å²) in [6.07, 6.45) is 1.74. The molecule has 2 N–H and O–H groups in total. The van der Waals surface area contributed by atoms with Crippen LogP contribution in [0.25, 0.3) is 0 Å². The molecule has 16 heavy (non-hydrogen) atoms. The Kier molecular flexibility index (Phi) is 3.93. The van der Waals surface area contributed by atoms with Crippen molar-refractivity contribution in [1.82, 2.24) is 10.6 Å². The van der Waals surface area contributed by atoms with E-state index in [1.807, 2.05) is 20.8 Å². The summed E-state index contributed by atoms with van der Waals surface area (Å²) in [7, 11) is 0. The van der Waals surface area contributed by atoms with E-state index in [2.05, 4.69) is 16.7 Å². The summed E-state index contributed by atoms with van der Waals surface area (Å²) < 4.78 is 0. The zero-order chi connectivity index (χ0) is 12.2. The van der Waals surface area contributed by atoms with Gasteiger partial charge in [-0.2, -0.15) is 5.26 Å². The van der Waals surface area contributed by atoms with Gasteiger partial charge in [0.05, 0.1) is 16.9 Å². The molecular formula is C12H21N3O. The molecule has 0 aromatic carbocycles. The Balaban J connectivity index is 2.55. The van der Waals surface area contributed by atoms with Gasteiger partial charge < -0.3 is 10.6 Å². The van der Waals surface area contributed by atoms with Crippen molar-refractivity contribution in [2.45, 2.75) is 33.6 Å². The Hall–Kier alpha value is -1.08. The van der Waals surface area contributed by atoms with E-state index in [-0.39, 0.29) is 11.3 Å². The fourth-order valence-electron chi connectivity index (χ4n) is 1.93. The first-order valence-electron chi connectivity index (χ1n) is 5.86. The molecule has 0 aliphatic carbocycles. The standard InChI is InChI=1S/C12H21N3O/c1-4-12(5-6-14-9-12)10(16)15-8-11(2,3)7-13/h14H,4-6,8-9H2,1-3H3,(H,15,16). The summed E-state index contributed by atoms with van der Waals surface area (Å²) in [5, 5.41) is 15.0. The van der Waals surface area contributed by atoms with Crippen LogP contribution in [0.1, 0.15) is 33.6 Å². The van der Waals surface area contributed by atoms with E-state index < -0.39 is 5.41 Å². The lowest BCUT2D eigenvalue weighted by Gasteiger charge is -2.27. The molecule has 0 radical (unpaired) electrons. The lowest BCUT2D eigenvalue weighted by molar-refractivity contribution is -0.130. The molecular weight excluding hydrogens is 202 g/mol. The van der Waals surface area contributed by atoms with Crippen LogP contribution in [0.3, 0.4) is 0 Å². The predicted molar refractivity (Wildman–Crippen MR) is 62.6 cm³/mol. The Morgan fingerprint density at radius 2 is 2.31 bits per heavy atom. The second-order valence-corrected chi connectivity index (χ2v) is 5.24. The number of amides is 1. The minimum absolute atomic E-state index is 0.0864. The third-order valence-corrected chi connectivity index (χ3v) is 3.40. The highest BCUT2D eigenvalue weighted by atomic mass is 16.2. The summed E-state index contributed by atoms with van der Waals surface area (Å²) in [6.45, 7) is 7.79. The lowest BCUT2D eigenvalue weighted by atomic mass is 9.83. The smallest absolute Gasteiger partial charge is 0.227 e. The van der Waals surface area contributed by atoms with Gasteiger partial charge in [0.1, 0.15) is 0 Å². The molecule has 1 aliphatic rings. The van der Waals surface area contributed by atoms with Crippen molar-refractivity contribution in [1.29, 1.82) is 5.26 Å². The van der Waals surface area contributed by atoms with Gasteiger partial charge in [-0.1, -0.05) is 6.92 Å². The molecule has 1 heterocycles. The van der Waals surface area contributed by atoms with Crippen molar-refractivity contribution in [3.63, 3.8) is 0 Å². The second-order valence-electron chi connectivity index (χ2n) is 5.24. The minimum Gasteiger partial charge on any atom is -0.354 e. The number of carbonyl (C=O) groups excluding carboxylic acids is 1. The summed E-state index contributed by atoms with van der Waals surface area (Å²) >= 11 is 0. The zero-order valence-corrected chi connectivity index (χ0v) is 10.4. The van der Waals surface area contributed by atoms with Crippen molar-refractivity contribution in [3.05, 3.63) is 0 Å². The van der Waals surface area contributed by atoms with E-state index >= 15 is 0 Å². The average Bonchev–Trinajstić information content (AvgIpc) is 2.76. The molecule has 1 amide bonds. The first-order valence-corrected chi connectivity index (χ1v) is 5.86. The number of carbonyl (C=O) groups is 1. The largest absolute Gasteiger partial charge is 0.354 e. The van der Waals surface area contributed by atoms with E-state index in [1.54, 1.807) is 0 Å². The van der Waals surface area contributed by atoms with Gasteiger partial charge in [0, 0.05) is 13.1 Å². The van der Waals surface area contributed by atoms with Crippen LogP contribution in [0.15, 0.2) is 0 Å². The molecule has 0 aromatic rings. The van der Waals surface area contributed by atoms with Gasteiger partial charge in [-0.3, -0.25) is 4.79 Å². The van der Waals surface area contributed by atoms with Gasteiger partial charge in [-0.15, -0.1) is 0 Å². The second kappa shape index (κ2) is 4.84. The molecule has 1 unspecified atom stereocenters. The summed E-state index contributed by atoms with van der Waals surface area (Å²) in [5.41, 5.74) is -0.748. The van der Waals surface area contributed by atoms with Crippen LogP contribution in [-0.2, 0) is 4.79 Å². The molecule has 1 rings (SSSR count). The van der Waals surface area contributed by atoms with Crippen molar-refractivity contribution >= 4 is 5.91 Å². The van der Waals surface area contributed by atoms with Crippen LogP contribution in [0.2, 0.25) is 0 Å². The first kappa shape index (κ1) is 13.0. The minimum atomic E-state index is -0.489. The van der Waals surface area contributed by atoms with Crippen LogP contribution in [0, 0.1) is 22.2 Å². The zero-order valence-electron chi connectivity index (χ0n) is 10.4. The molecule has 1 saturated heterocycles. The molecule has 4 heteroatoms. The third kappa shape index (κ3) is 2.73. The van der Waals surface area contributed by atoms with Crippen LogP contribution in [-0.4, -0.2) is 25.5 Å². The Morgan fingerprint density at radius 3 is 2.75 bits per heavy atom. The number of nitrogens with one attached hydrogen (secondary N) is 2. The maximum Gasteiger partial charge on any atom is 0.227 e. The van der Waals surface area contributed by atoms with Crippen LogP contribution in [0.5, 0.6) is 0 Å². The molecule has 0 aromatic heterocycles. The predicted octanol–water partition coefficient (Wildman–Crippen LogP) is 1.04. The van der Waals surface area contributed by atoms with Crippen molar-refractivity contribution < 1.29 is 4.79 Å². The third-order valence-electron chi connectivity index (χ3n) is 3.40. The van der Waals surface area contributed by atoms with E-state index in [0.717, 1.165) is 25.9 Å². The number of rotatable bonds is 4. The number of hydrogen-bond donors (Lipinski definition) is 2. The number of nitriles is 1. The Bertz CT molecular complexity index is 298. The highest BCUT2D eigenvalue weighted by molar-refractivity contribution is 5.83. The Labute approximate surface area is 97.4 Å². The van der Waals surface area contributed by atoms with E-state index in [0.29, 0.717) is 6.54 Å². The number of nitrogens with zero attached hydrogens (tertiary/aromatic N) is 1. The highest BCUT2D eigenvalue weighted by Crippen LogP contribution is 2.29. The SMILES string of the molecule is CCC1(C(=O)NCC(C)(C)C#N)CCNC1. The summed E-state index contributed by atoms with van der Waals surface area (Å²) in [5.74, 6) is 0.0864. The van der Waals surface area contributed by atoms with E-state index in [1.165, 1.54) is 0 Å². The number of hydrogen-bond acceptors (Lipinski definition) is 3. The van der Waals surface area contributed by atoms with Gasteiger partial charge in [-0.05, 0) is 33.2 Å². The van der Waals surface area contributed by atoms with Crippen molar-refractivity contribution in [3.8, 4) is 6.07 Å². The summed E-state index contributed by atoms with van der Waals surface area (Å²) in [4.78, 5) is 12.1. The summed E-state index contributed by atoms with van der Waals surface area (Å²) in [6, 6.07) is 2.19. The first-order chi connectivity index (χ1) is 7.46. The van der Waals surface area contributed by atoms with E-state index in [4.69, 9.17) is 5.26 Å². The highest BCUT2D eigenvalue weighted by Gasteiger charge is 2.39. The molecule has 90 valence electrons. The monoisotopic (exact) mass is 223 g/mol. The van der Waals surface area contributed by atoms with Gasteiger partial charge in [-0.25, -0.2) is 0 Å². The fraction of sp³-hybridized carbons (Fsp3) is 0.833. The average molecular weight is 223 g/mol. The molecule has 1 atom stereocenters. The topological polar surface area (TPSA) is 64.9 Å². The maximum atomic E-state index is 12.1. The van der Waals surface area contributed by atoms with Gasteiger partial charge in [0.2, 0.25) is 5.91 Å². The molecule has 4 nitrogen and oxygen atoms in total. The van der Waals surface area contributed by atoms with Crippen LogP contribution in [0.4, 0.5) is 0 Å². The maximum absolute atomic E-state index is 12.1. The molecule has 0 bridgehead atoms. The molecule has 0 spiro atoms. The van der Waals surface area contributed by atoms with Gasteiger partial charge in [0.25, 0.3) is 0 Å². The fourth-order valence-corrected chi connectivity index (χ4v) is 1.93. The molecule has 0 saturated carbocycles. The normalized spacial score (nSPS) is 25.1. The van der Waals surface area contributed by atoms with Gasteiger partial charge in [0.15, 0.2) is 0 Å². The quantitative estimate of drug-likeness (QED) is 0.748. The van der Waals surface area contributed by atoms with Crippen molar-refractivity contribution in [2.75, 3.05) is 19.6 Å². The van der Waals surface area contributed by atoms with Gasteiger partial charge >= 0.3 is 0 Å². The lowest BCUT2D eigenvalue weighted by Crippen LogP contribution is -2.45. The molecule has 1 fully saturated rings. The van der Waals surface area contributed by atoms with E-state index in [9.17, 15) is 4.79 Å². The molecule has 1 aliphatic heterocycles. The van der Waals surface area contributed by atoms with Crippen LogP contribution >= 0.6 is 0 Å².